The first-order valence-electron chi connectivity index (χ1n) is 7.99. The van der Waals surface area contributed by atoms with E-state index in [0.717, 1.165) is 32.5 Å². The number of ether oxygens (including phenoxy) is 1. The number of rotatable bonds is 5. The van der Waals surface area contributed by atoms with Gasteiger partial charge in [0.1, 0.15) is 11.7 Å². The van der Waals surface area contributed by atoms with Crippen molar-refractivity contribution in [2.75, 3.05) is 26.7 Å². The monoisotopic (exact) mass is 465 g/mol. The van der Waals surface area contributed by atoms with Crippen LogP contribution in [-0.2, 0) is 9.53 Å². The summed E-state index contributed by atoms with van der Waals surface area (Å²) in [6.45, 7) is 3.20. The Kier molecular flexibility index (Phi) is 5.66. The van der Waals surface area contributed by atoms with Gasteiger partial charge in [0.05, 0.1) is 21.8 Å². The van der Waals surface area contributed by atoms with Crippen molar-refractivity contribution in [3.8, 4) is 0 Å². The standard InChI is InChI=1S/C15H21ClIN5O2/c1-24-11-6-9(20-21-18)13(16)14(17)12(11)15(23)19-10-7-22-4-2-8(10)3-5-22/h6,8,10,12,14H,2-5,7H2,1H3,(H2,18,20)(H,19,23)/t10-,12?,14-/m1/s1. The first-order valence-corrected chi connectivity index (χ1v) is 9.62. The molecule has 1 amide bonds. The third-order valence-corrected chi connectivity index (χ3v) is 7.21. The fraction of sp³-hybridized carbons (Fsp3) is 0.667. The fourth-order valence-electron chi connectivity index (χ4n) is 3.74. The summed E-state index contributed by atoms with van der Waals surface area (Å²) in [7, 11) is 1.54. The van der Waals surface area contributed by atoms with Crippen LogP contribution in [0.3, 0.4) is 0 Å². The minimum Gasteiger partial charge on any atom is -0.500 e. The molecule has 9 heteroatoms. The van der Waals surface area contributed by atoms with E-state index in [1.54, 1.807) is 13.2 Å². The summed E-state index contributed by atoms with van der Waals surface area (Å²) >= 11 is 8.50. The molecule has 0 spiro atoms. The molecule has 3 N–H and O–H groups in total. The Morgan fingerprint density at radius 3 is 2.75 bits per heavy atom. The minimum absolute atomic E-state index is 0.0544. The molecular formula is C15H21ClIN5O2. The molecule has 2 bridgehead atoms. The second kappa shape index (κ2) is 7.57. The molecule has 0 aromatic rings. The summed E-state index contributed by atoms with van der Waals surface area (Å²) in [5, 5.41) is 6.84. The lowest BCUT2D eigenvalue weighted by Crippen LogP contribution is -2.58. The molecule has 0 aromatic carbocycles. The number of amides is 1. The Bertz CT molecular complexity index is 588. The zero-order valence-corrected chi connectivity index (χ0v) is 16.3. The summed E-state index contributed by atoms with van der Waals surface area (Å²) < 4.78 is 5.15. The average molecular weight is 466 g/mol. The Labute approximate surface area is 159 Å². The highest BCUT2D eigenvalue weighted by atomic mass is 127. The largest absolute Gasteiger partial charge is 0.500 e. The fourth-order valence-corrected chi connectivity index (χ4v) is 4.97. The summed E-state index contributed by atoms with van der Waals surface area (Å²) in [6, 6.07) is 0.201. The molecule has 24 heavy (non-hydrogen) atoms. The number of alkyl halides is 1. The summed E-state index contributed by atoms with van der Waals surface area (Å²) in [5.41, 5.74) is 9.96. The lowest BCUT2D eigenvalue weighted by molar-refractivity contribution is -0.126. The number of hydrogen-bond acceptors (Lipinski definition) is 5. The van der Waals surface area contributed by atoms with Gasteiger partial charge in [0.25, 0.3) is 0 Å². The van der Waals surface area contributed by atoms with Gasteiger partial charge in [-0.1, -0.05) is 39.4 Å². The number of piperidine rings is 3. The smallest absolute Gasteiger partial charge is 0.232 e. The number of nitrogens with one attached hydrogen (secondary N) is 3. The third kappa shape index (κ3) is 3.41. The van der Waals surface area contributed by atoms with Gasteiger partial charge in [0.15, 0.2) is 0 Å². The number of halogens is 2. The quantitative estimate of drug-likeness (QED) is 0.251. The van der Waals surface area contributed by atoms with E-state index < -0.39 is 5.92 Å². The van der Waals surface area contributed by atoms with E-state index in [2.05, 4.69) is 43.5 Å². The number of fused-ring (bicyclic) bond motifs is 3. The van der Waals surface area contributed by atoms with Crippen molar-refractivity contribution in [1.82, 2.24) is 15.6 Å². The van der Waals surface area contributed by atoms with Gasteiger partial charge < -0.3 is 15.0 Å². The van der Waals surface area contributed by atoms with E-state index in [4.69, 9.17) is 21.9 Å². The second-order valence-corrected chi connectivity index (χ2v) is 8.12. The molecule has 3 heterocycles. The topological polar surface area (TPSA) is 89.8 Å². The predicted octanol–water partition coefficient (Wildman–Crippen LogP) is 2.15. The van der Waals surface area contributed by atoms with Crippen LogP contribution in [0.5, 0.6) is 0 Å². The highest BCUT2D eigenvalue weighted by Crippen LogP contribution is 2.37. The van der Waals surface area contributed by atoms with Crippen LogP contribution >= 0.6 is 34.2 Å². The Morgan fingerprint density at radius 1 is 1.50 bits per heavy atom. The average Bonchev–Trinajstić information content (AvgIpc) is 2.59. The summed E-state index contributed by atoms with van der Waals surface area (Å²) in [5.74, 6) is 0.565. The molecule has 0 radical (unpaired) electrons. The first-order chi connectivity index (χ1) is 11.5. The number of allylic oxidation sites excluding steroid dienone is 2. The molecule has 132 valence electrons. The summed E-state index contributed by atoms with van der Waals surface area (Å²) in [4.78, 5) is 15.3. The molecule has 7 nitrogen and oxygen atoms in total. The maximum absolute atomic E-state index is 12.9. The number of hydrogen-bond donors (Lipinski definition) is 3. The van der Waals surface area contributed by atoms with Crippen molar-refractivity contribution in [3.05, 3.63) is 22.6 Å². The van der Waals surface area contributed by atoms with Crippen LogP contribution in [0.4, 0.5) is 0 Å². The number of carbonyl (C=O) groups excluding carboxylic acids is 1. The molecule has 0 aromatic heterocycles. The van der Waals surface area contributed by atoms with E-state index in [9.17, 15) is 4.79 Å². The van der Waals surface area contributed by atoms with Gasteiger partial charge in [-0.2, -0.15) is 5.53 Å². The lowest BCUT2D eigenvalue weighted by Gasteiger charge is -2.45. The van der Waals surface area contributed by atoms with Crippen molar-refractivity contribution in [2.45, 2.75) is 22.8 Å². The Morgan fingerprint density at radius 2 is 2.21 bits per heavy atom. The number of methoxy groups -OCH3 is 1. The molecule has 3 saturated heterocycles. The molecule has 1 aliphatic carbocycles. The van der Waals surface area contributed by atoms with Crippen molar-refractivity contribution >= 4 is 40.1 Å². The van der Waals surface area contributed by atoms with Crippen LogP contribution in [0.2, 0.25) is 0 Å². The van der Waals surface area contributed by atoms with Crippen LogP contribution in [0.15, 0.2) is 27.8 Å². The van der Waals surface area contributed by atoms with Gasteiger partial charge in [-0.25, -0.2) is 0 Å². The van der Waals surface area contributed by atoms with Gasteiger partial charge in [0.2, 0.25) is 5.91 Å². The van der Waals surface area contributed by atoms with E-state index in [1.807, 2.05) is 0 Å². The van der Waals surface area contributed by atoms with Crippen LogP contribution in [0.25, 0.3) is 0 Å². The molecule has 1 unspecified atom stereocenters. The van der Waals surface area contributed by atoms with Crippen LogP contribution in [-0.4, -0.2) is 47.5 Å². The maximum Gasteiger partial charge on any atom is 0.232 e. The zero-order valence-electron chi connectivity index (χ0n) is 13.4. The van der Waals surface area contributed by atoms with Crippen molar-refractivity contribution in [2.24, 2.45) is 17.1 Å². The molecular weight excluding hydrogens is 445 g/mol. The van der Waals surface area contributed by atoms with Gasteiger partial charge in [-0.15, -0.1) is 0 Å². The molecule has 3 aliphatic heterocycles. The molecule has 3 fully saturated rings. The maximum atomic E-state index is 12.9. The molecule has 3 atom stereocenters. The van der Waals surface area contributed by atoms with Crippen molar-refractivity contribution in [1.29, 1.82) is 5.53 Å². The van der Waals surface area contributed by atoms with Crippen molar-refractivity contribution in [3.63, 3.8) is 0 Å². The van der Waals surface area contributed by atoms with Gasteiger partial charge in [-0.3, -0.25) is 10.2 Å². The van der Waals surface area contributed by atoms with E-state index in [-0.39, 0.29) is 15.9 Å². The second-order valence-electron chi connectivity index (χ2n) is 6.37. The first kappa shape index (κ1) is 17.9. The summed E-state index contributed by atoms with van der Waals surface area (Å²) in [6.07, 6.45) is 3.95. The Hall–Kier alpha value is -0.870. The van der Waals surface area contributed by atoms with Crippen LogP contribution in [0, 0.1) is 17.4 Å². The van der Waals surface area contributed by atoms with E-state index >= 15 is 0 Å². The molecule has 4 rings (SSSR count). The minimum atomic E-state index is -0.477. The van der Waals surface area contributed by atoms with Gasteiger partial charge in [0, 0.05) is 18.7 Å². The molecule has 0 saturated carbocycles. The number of carbonyl (C=O) groups is 1. The van der Waals surface area contributed by atoms with Crippen molar-refractivity contribution < 1.29 is 9.53 Å². The van der Waals surface area contributed by atoms with Gasteiger partial charge >= 0.3 is 0 Å². The SMILES string of the molecule is COC1=CC(NN=N)=C(Cl)[C@H](I)C1C(=O)N[C@@H]1CN2CCC1CC2. The number of nitrogens with zero attached hydrogens (tertiary/aromatic N) is 2. The van der Waals surface area contributed by atoms with Crippen LogP contribution < -0.4 is 10.7 Å². The highest BCUT2D eigenvalue weighted by molar-refractivity contribution is 14.1. The lowest BCUT2D eigenvalue weighted by atomic mass is 9.83. The van der Waals surface area contributed by atoms with Crippen LogP contribution in [0.1, 0.15) is 12.8 Å². The molecule has 4 aliphatic rings. The Balaban J connectivity index is 1.74. The zero-order chi connectivity index (χ0) is 17.3. The van der Waals surface area contributed by atoms with Gasteiger partial charge in [-0.05, 0) is 31.8 Å². The normalized spacial score (nSPS) is 35.3. The third-order valence-electron chi connectivity index (χ3n) is 5.06. The van der Waals surface area contributed by atoms with E-state index in [1.165, 1.54) is 0 Å². The van der Waals surface area contributed by atoms with E-state index in [0.29, 0.717) is 22.4 Å². The highest BCUT2D eigenvalue weighted by Gasteiger charge is 2.41. The predicted molar refractivity (Wildman–Crippen MR) is 98.6 cm³/mol.